The summed E-state index contributed by atoms with van der Waals surface area (Å²) in [4.78, 5) is 32.4. The molecule has 1 aliphatic heterocycles. The predicted octanol–water partition coefficient (Wildman–Crippen LogP) is 2.79. The molecule has 1 fully saturated rings. The number of nitrogens with two attached hydrogens (primary N) is 1. The Balaban J connectivity index is 1.58. The highest BCUT2D eigenvalue weighted by atomic mass is 19.1. The van der Waals surface area contributed by atoms with Crippen LogP contribution in [0.1, 0.15) is 21.7 Å². The number of nitrogens with zero attached hydrogens (tertiary/aromatic N) is 5. The smallest absolute Gasteiger partial charge is 0.407 e. The van der Waals surface area contributed by atoms with E-state index in [1.54, 1.807) is 16.7 Å². The molecule has 0 saturated carbocycles. The van der Waals surface area contributed by atoms with E-state index >= 15 is 8.78 Å². The zero-order chi connectivity index (χ0) is 25.6. The first kappa shape index (κ1) is 23.4. The Labute approximate surface area is 203 Å². The summed E-state index contributed by atoms with van der Waals surface area (Å²) in [6, 6.07) is 5.87. The molecule has 0 radical (unpaired) electrons. The number of halogens is 2. The number of carboxylic acid groups (broad SMARTS) is 1. The number of aromatic nitrogens is 4. The van der Waals surface area contributed by atoms with E-state index in [1.165, 1.54) is 22.0 Å². The van der Waals surface area contributed by atoms with Crippen molar-refractivity contribution in [2.24, 2.45) is 5.73 Å². The number of hydrogen-bond donors (Lipinski definition) is 2. The maximum Gasteiger partial charge on any atom is 0.407 e. The molecule has 12 heteroatoms. The lowest BCUT2D eigenvalue weighted by molar-refractivity contribution is -0.0214. The number of rotatable bonds is 5. The number of carbonyl (C=O) groups is 2. The number of morpholine rings is 1. The first-order chi connectivity index (χ1) is 17.2. The number of hydrogen-bond acceptors (Lipinski definition) is 5. The van der Waals surface area contributed by atoms with E-state index in [1.807, 2.05) is 13.0 Å². The van der Waals surface area contributed by atoms with Crippen LogP contribution in [0, 0.1) is 18.6 Å². The molecule has 1 saturated heterocycles. The molecule has 186 valence electrons. The summed E-state index contributed by atoms with van der Waals surface area (Å²) in [6.07, 6.45) is 2.90. The standard InChI is InChI=1S/C24H22F2N6O4/c1-13-2-3-32-19(9-15-10-30(24(34)35)4-5-36-15)22(29-20(32)6-13)21-16(25)7-14(8-17(21)26)31-11-18(23(27)33)28-12-31/h2-3,6-8,11-12,15H,4-5,9-10H2,1H3,(H2,27,33)(H,34,35)/t15-/m0/s1. The molecular weight excluding hydrogens is 474 g/mol. The summed E-state index contributed by atoms with van der Waals surface area (Å²) >= 11 is 0. The van der Waals surface area contributed by atoms with E-state index in [-0.39, 0.29) is 48.8 Å². The largest absolute Gasteiger partial charge is 0.465 e. The predicted molar refractivity (Wildman–Crippen MR) is 124 cm³/mol. The number of carbonyl (C=O) groups excluding carboxylic acids is 1. The summed E-state index contributed by atoms with van der Waals surface area (Å²) in [5.41, 5.74) is 6.96. The Morgan fingerprint density at radius 2 is 2.00 bits per heavy atom. The van der Waals surface area contributed by atoms with Crippen LogP contribution in [0.25, 0.3) is 22.6 Å². The quantitative estimate of drug-likeness (QED) is 0.437. The number of imidazole rings is 2. The van der Waals surface area contributed by atoms with Gasteiger partial charge in [0.05, 0.1) is 41.9 Å². The molecule has 4 heterocycles. The van der Waals surface area contributed by atoms with Gasteiger partial charge < -0.3 is 29.4 Å². The van der Waals surface area contributed by atoms with Crippen molar-refractivity contribution >= 4 is 17.6 Å². The number of pyridine rings is 1. The van der Waals surface area contributed by atoms with Crippen molar-refractivity contribution in [2.45, 2.75) is 19.4 Å². The van der Waals surface area contributed by atoms with Gasteiger partial charge >= 0.3 is 6.09 Å². The van der Waals surface area contributed by atoms with Gasteiger partial charge in [-0.25, -0.2) is 23.5 Å². The molecule has 2 amide bonds. The molecule has 1 atom stereocenters. The molecule has 0 spiro atoms. The van der Waals surface area contributed by atoms with Crippen LogP contribution in [0.5, 0.6) is 0 Å². The van der Waals surface area contributed by atoms with Gasteiger partial charge in [-0.15, -0.1) is 0 Å². The van der Waals surface area contributed by atoms with Crippen LogP contribution in [-0.2, 0) is 11.2 Å². The zero-order valence-electron chi connectivity index (χ0n) is 19.2. The van der Waals surface area contributed by atoms with Crippen molar-refractivity contribution in [1.82, 2.24) is 23.8 Å². The molecule has 36 heavy (non-hydrogen) atoms. The van der Waals surface area contributed by atoms with Gasteiger partial charge in [-0.05, 0) is 36.8 Å². The van der Waals surface area contributed by atoms with Gasteiger partial charge in [0.1, 0.15) is 29.3 Å². The fraction of sp³-hybridized carbons (Fsp3) is 0.250. The maximum absolute atomic E-state index is 15.5. The highest BCUT2D eigenvalue weighted by Gasteiger charge is 2.28. The van der Waals surface area contributed by atoms with Crippen LogP contribution in [-0.4, -0.2) is 66.7 Å². The van der Waals surface area contributed by atoms with E-state index in [2.05, 4.69) is 9.97 Å². The number of benzene rings is 1. The second kappa shape index (κ2) is 9.04. The van der Waals surface area contributed by atoms with Gasteiger partial charge in [-0.1, -0.05) is 0 Å². The van der Waals surface area contributed by atoms with Crippen molar-refractivity contribution < 1.29 is 28.2 Å². The SMILES string of the molecule is Cc1ccn2c(C[C@H]3CN(C(=O)O)CCO3)c(-c3c(F)cc(-n4cnc(C(N)=O)c4)cc3F)nc2c1. The normalized spacial score (nSPS) is 16.0. The minimum Gasteiger partial charge on any atom is -0.465 e. The van der Waals surface area contributed by atoms with Gasteiger partial charge in [0, 0.05) is 25.4 Å². The van der Waals surface area contributed by atoms with Crippen molar-refractivity contribution in [2.75, 3.05) is 19.7 Å². The maximum atomic E-state index is 15.5. The highest BCUT2D eigenvalue weighted by molar-refractivity contribution is 5.90. The van der Waals surface area contributed by atoms with E-state index < -0.39 is 29.7 Å². The summed E-state index contributed by atoms with van der Waals surface area (Å²) in [6.45, 7) is 2.48. The highest BCUT2D eigenvalue weighted by Crippen LogP contribution is 2.32. The fourth-order valence-electron chi connectivity index (χ4n) is 4.35. The van der Waals surface area contributed by atoms with Crippen LogP contribution in [0.4, 0.5) is 13.6 Å². The Bertz CT molecular complexity index is 1470. The molecule has 1 aromatic carbocycles. The zero-order valence-corrected chi connectivity index (χ0v) is 19.2. The van der Waals surface area contributed by atoms with E-state index in [0.29, 0.717) is 11.3 Å². The second-order valence-corrected chi connectivity index (χ2v) is 8.58. The lowest BCUT2D eigenvalue weighted by Gasteiger charge is -2.31. The van der Waals surface area contributed by atoms with Gasteiger partial charge in [-0.3, -0.25) is 4.79 Å². The molecule has 10 nitrogen and oxygen atoms in total. The number of fused-ring (bicyclic) bond motifs is 1. The van der Waals surface area contributed by atoms with Crippen LogP contribution in [0.2, 0.25) is 0 Å². The van der Waals surface area contributed by atoms with Gasteiger partial charge in [0.25, 0.3) is 5.91 Å². The van der Waals surface area contributed by atoms with Gasteiger partial charge in [0.2, 0.25) is 0 Å². The molecule has 5 rings (SSSR count). The Kier molecular flexibility index (Phi) is 5.88. The Hall–Kier alpha value is -4.32. The van der Waals surface area contributed by atoms with Crippen LogP contribution >= 0.6 is 0 Å². The minimum atomic E-state index is -1.05. The summed E-state index contributed by atoms with van der Waals surface area (Å²) in [5, 5.41) is 9.36. The van der Waals surface area contributed by atoms with Crippen molar-refractivity contribution in [3.05, 3.63) is 71.6 Å². The van der Waals surface area contributed by atoms with E-state index in [0.717, 1.165) is 17.7 Å². The Morgan fingerprint density at radius 3 is 2.67 bits per heavy atom. The first-order valence-corrected chi connectivity index (χ1v) is 11.1. The summed E-state index contributed by atoms with van der Waals surface area (Å²) < 4.78 is 39.7. The fourth-order valence-corrected chi connectivity index (χ4v) is 4.35. The lowest BCUT2D eigenvalue weighted by atomic mass is 10.0. The molecule has 0 unspecified atom stereocenters. The third-order valence-corrected chi connectivity index (χ3v) is 6.11. The van der Waals surface area contributed by atoms with Crippen LogP contribution in [0.15, 0.2) is 43.0 Å². The van der Waals surface area contributed by atoms with Crippen molar-refractivity contribution in [1.29, 1.82) is 0 Å². The van der Waals surface area contributed by atoms with E-state index in [9.17, 15) is 14.7 Å². The van der Waals surface area contributed by atoms with E-state index in [4.69, 9.17) is 10.5 Å². The van der Waals surface area contributed by atoms with Crippen molar-refractivity contribution in [3.63, 3.8) is 0 Å². The number of aryl methyl sites for hydroxylation is 1. The molecule has 0 aliphatic carbocycles. The van der Waals surface area contributed by atoms with Crippen LogP contribution < -0.4 is 5.73 Å². The topological polar surface area (TPSA) is 128 Å². The van der Waals surface area contributed by atoms with Gasteiger partial charge in [0.15, 0.2) is 0 Å². The molecule has 3 N–H and O–H groups in total. The Morgan fingerprint density at radius 1 is 1.25 bits per heavy atom. The number of primary amides is 1. The number of amides is 2. The molecule has 1 aliphatic rings. The minimum absolute atomic E-state index is 0.0409. The molecule has 0 bridgehead atoms. The van der Waals surface area contributed by atoms with Gasteiger partial charge in [-0.2, -0.15) is 0 Å². The lowest BCUT2D eigenvalue weighted by Crippen LogP contribution is -2.45. The third kappa shape index (κ3) is 4.26. The average molecular weight is 496 g/mol. The average Bonchev–Trinajstić information content (AvgIpc) is 3.45. The van der Waals surface area contributed by atoms with Crippen LogP contribution in [0.3, 0.4) is 0 Å². The summed E-state index contributed by atoms with van der Waals surface area (Å²) in [5.74, 6) is -2.49. The summed E-state index contributed by atoms with van der Waals surface area (Å²) in [7, 11) is 0. The first-order valence-electron chi connectivity index (χ1n) is 11.1. The molecular formula is C24H22F2N6O4. The third-order valence-electron chi connectivity index (χ3n) is 6.11. The van der Waals surface area contributed by atoms with Crippen molar-refractivity contribution in [3.8, 4) is 16.9 Å². The monoisotopic (exact) mass is 496 g/mol. The number of ether oxygens (including phenoxy) is 1. The molecule has 3 aromatic heterocycles. The molecule has 4 aromatic rings. The second-order valence-electron chi connectivity index (χ2n) is 8.58.